The lowest BCUT2D eigenvalue weighted by Gasteiger charge is -1.94. The molecule has 0 N–H and O–H groups in total. The monoisotopic (exact) mass is 170 g/mol. The Bertz CT molecular complexity index is 571. The average Bonchev–Trinajstić information content (AvgIpc) is 2.65. The third-order valence-corrected chi connectivity index (χ3v) is 2.12. The number of nitrogens with zero attached hydrogens (tertiary/aromatic N) is 2. The van der Waals surface area contributed by atoms with E-state index >= 15 is 0 Å². The highest BCUT2D eigenvalue weighted by Gasteiger charge is 2.02. The van der Waals surface area contributed by atoms with Gasteiger partial charge in [0, 0.05) is 17.0 Å². The Labute approximate surface area is 74.0 Å². The minimum absolute atomic E-state index is 0.803. The van der Waals surface area contributed by atoms with Crippen molar-refractivity contribution in [2.75, 3.05) is 0 Å². The number of aromatic nitrogens is 2. The SMILES string of the molecule is c1cc2ccc3nccc3c2on1. The van der Waals surface area contributed by atoms with Crippen molar-refractivity contribution < 1.29 is 4.52 Å². The van der Waals surface area contributed by atoms with Crippen LogP contribution in [0, 0.1) is 0 Å². The molecule has 0 radical (unpaired) electrons. The zero-order valence-electron chi connectivity index (χ0n) is 6.77. The Morgan fingerprint density at radius 1 is 1.00 bits per heavy atom. The maximum atomic E-state index is 5.19. The van der Waals surface area contributed by atoms with Crippen LogP contribution in [0.3, 0.4) is 0 Å². The average molecular weight is 170 g/mol. The molecule has 0 spiro atoms. The van der Waals surface area contributed by atoms with Crippen LogP contribution in [0.15, 0.2) is 41.2 Å². The summed E-state index contributed by atoms with van der Waals surface area (Å²) in [6.45, 7) is 0. The molecule has 62 valence electrons. The Morgan fingerprint density at radius 3 is 3.00 bits per heavy atom. The normalized spacial score (nSPS) is 11.1. The van der Waals surface area contributed by atoms with Gasteiger partial charge in [-0.2, -0.15) is 0 Å². The lowest BCUT2D eigenvalue weighted by Crippen LogP contribution is -1.75. The highest BCUT2D eigenvalue weighted by Crippen LogP contribution is 2.22. The molecule has 0 unspecified atom stereocenters. The third kappa shape index (κ3) is 0.839. The fourth-order valence-corrected chi connectivity index (χ4v) is 1.50. The standard InChI is InChI=1S/C10H6N2O/c1-2-9-8(4-5-11-9)10-7(1)3-6-12-13-10/h1-6H. The summed E-state index contributed by atoms with van der Waals surface area (Å²) in [6.07, 6.45) is 3.41. The van der Waals surface area contributed by atoms with Crippen LogP contribution in [0.25, 0.3) is 21.9 Å². The summed E-state index contributed by atoms with van der Waals surface area (Å²) in [5, 5.41) is 5.81. The predicted molar refractivity (Wildman–Crippen MR) is 49.3 cm³/mol. The van der Waals surface area contributed by atoms with Crippen molar-refractivity contribution in [1.29, 1.82) is 0 Å². The van der Waals surface area contributed by atoms with Crippen molar-refractivity contribution >= 4 is 21.9 Å². The summed E-state index contributed by atoms with van der Waals surface area (Å²) in [5.74, 6) is 0. The van der Waals surface area contributed by atoms with Gasteiger partial charge >= 0.3 is 0 Å². The van der Waals surface area contributed by atoms with Crippen LogP contribution in [0.4, 0.5) is 0 Å². The maximum Gasteiger partial charge on any atom is 0.174 e. The van der Waals surface area contributed by atoms with Gasteiger partial charge in [0.15, 0.2) is 5.58 Å². The summed E-state index contributed by atoms with van der Waals surface area (Å²) in [6, 6.07) is 7.82. The van der Waals surface area contributed by atoms with Crippen molar-refractivity contribution in [2.24, 2.45) is 0 Å². The van der Waals surface area contributed by atoms with E-state index in [4.69, 9.17) is 4.52 Å². The molecule has 3 heteroatoms. The fourth-order valence-electron chi connectivity index (χ4n) is 1.50. The molecular formula is C10H6N2O. The molecule has 1 aromatic carbocycles. The largest absolute Gasteiger partial charge is 0.356 e. The highest BCUT2D eigenvalue weighted by atomic mass is 16.5. The molecular weight excluding hydrogens is 164 g/mol. The molecule has 0 saturated carbocycles. The quantitative estimate of drug-likeness (QED) is 0.520. The van der Waals surface area contributed by atoms with Crippen LogP contribution in [-0.2, 0) is 0 Å². The molecule has 3 rings (SSSR count). The van der Waals surface area contributed by atoms with Gasteiger partial charge < -0.3 is 4.52 Å². The van der Waals surface area contributed by atoms with Crippen LogP contribution in [0.5, 0.6) is 0 Å². The Hall–Kier alpha value is -1.90. The summed E-state index contributed by atoms with van der Waals surface area (Å²) in [4.78, 5) is 4.18. The van der Waals surface area contributed by atoms with Crippen molar-refractivity contribution in [1.82, 2.24) is 10.1 Å². The lowest BCUT2D eigenvalue weighted by molar-refractivity contribution is 0.444. The van der Waals surface area contributed by atoms with Gasteiger partial charge in [-0.15, -0.1) is 0 Å². The van der Waals surface area contributed by atoms with E-state index in [0.29, 0.717) is 0 Å². The first-order valence-electron chi connectivity index (χ1n) is 4.03. The molecule has 3 nitrogen and oxygen atoms in total. The molecule has 2 aromatic heterocycles. The second-order valence-corrected chi connectivity index (χ2v) is 2.87. The fraction of sp³-hybridized carbons (Fsp3) is 0. The van der Waals surface area contributed by atoms with Crippen molar-refractivity contribution in [2.45, 2.75) is 0 Å². The molecule has 3 aromatic rings. The van der Waals surface area contributed by atoms with E-state index in [0.717, 1.165) is 21.9 Å². The second-order valence-electron chi connectivity index (χ2n) is 2.87. The van der Waals surface area contributed by atoms with Crippen LogP contribution < -0.4 is 0 Å². The van der Waals surface area contributed by atoms with Crippen LogP contribution in [0.1, 0.15) is 0 Å². The molecule has 0 atom stereocenters. The number of fused-ring (bicyclic) bond motifs is 3. The van der Waals surface area contributed by atoms with E-state index in [9.17, 15) is 0 Å². The lowest BCUT2D eigenvalue weighted by atomic mass is 10.2. The van der Waals surface area contributed by atoms with Crippen molar-refractivity contribution in [3.63, 3.8) is 0 Å². The summed E-state index contributed by atoms with van der Waals surface area (Å²) < 4.78 is 5.19. The van der Waals surface area contributed by atoms with Gasteiger partial charge in [-0.1, -0.05) is 5.16 Å². The van der Waals surface area contributed by atoms with Crippen LogP contribution >= 0.6 is 0 Å². The smallest absolute Gasteiger partial charge is 0.174 e. The zero-order chi connectivity index (χ0) is 8.67. The minimum Gasteiger partial charge on any atom is -0.356 e. The zero-order valence-corrected chi connectivity index (χ0v) is 6.77. The summed E-state index contributed by atoms with van der Waals surface area (Å²) >= 11 is 0. The first kappa shape index (κ1) is 6.60. The van der Waals surface area contributed by atoms with Crippen molar-refractivity contribution in [3.05, 3.63) is 36.7 Å². The molecule has 0 aliphatic heterocycles. The minimum atomic E-state index is 0.803. The molecule has 2 heterocycles. The summed E-state index contributed by atoms with van der Waals surface area (Å²) in [7, 11) is 0. The number of rotatable bonds is 0. The Kier molecular flexibility index (Phi) is 1.16. The molecule has 0 amide bonds. The molecule has 0 aliphatic carbocycles. The first-order valence-corrected chi connectivity index (χ1v) is 4.03. The molecule has 0 bridgehead atoms. The van der Waals surface area contributed by atoms with Gasteiger partial charge in [-0.05, 0) is 24.3 Å². The topological polar surface area (TPSA) is 38.9 Å². The van der Waals surface area contributed by atoms with E-state index in [2.05, 4.69) is 10.1 Å². The first-order chi connectivity index (χ1) is 6.45. The molecule has 13 heavy (non-hydrogen) atoms. The summed E-state index contributed by atoms with van der Waals surface area (Å²) in [5.41, 5.74) is 1.75. The number of benzene rings is 1. The molecule has 0 aliphatic rings. The van der Waals surface area contributed by atoms with Gasteiger partial charge in [0.25, 0.3) is 0 Å². The van der Waals surface area contributed by atoms with Crippen LogP contribution in [-0.4, -0.2) is 10.1 Å². The molecule has 0 fully saturated rings. The van der Waals surface area contributed by atoms with Gasteiger partial charge in [0.2, 0.25) is 0 Å². The highest BCUT2D eigenvalue weighted by molar-refractivity contribution is 6.02. The van der Waals surface area contributed by atoms with Crippen LogP contribution in [0.2, 0.25) is 0 Å². The van der Waals surface area contributed by atoms with E-state index in [1.165, 1.54) is 0 Å². The van der Waals surface area contributed by atoms with Gasteiger partial charge in [0.1, 0.15) is 0 Å². The number of hydrogen-bond acceptors (Lipinski definition) is 3. The van der Waals surface area contributed by atoms with Gasteiger partial charge in [-0.25, -0.2) is 0 Å². The Balaban J connectivity index is 2.65. The van der Waals surface area contributed by atoms with E-state index in [-0.39, 0.29) is 0 Å². The molecule has 0 saturated heterocycles. The Morgan fingerprint density at radius 2 is 2.00 bits per heavy atom. The van der Waals surface area contributed by atoms with Gasteiger partial charge in [-0.3, -0.25) is 4.98 Å². The van der Waals surface area contributed by atoms with E-state index < -0.39 is 0 Å². The van der Waals surface area contributed by atoms with E-state index in [1.54, 1.807) is 12.4 Å². The van der Waals surface area contributed by atoms with Gasteiger partial charge in [0.05, 0.1) is 11.7 Å². The second kappa shape index (κ2) is 2.29. The third-order valence-electron chi connectivity index (χ3n) is 2.12. The van der Waals surface area contributed by atoms with Crippen molar-refractivity contribution in [3.8, 4) is 0 Å². The predicted octanol–water partition coefficient (Wildman–Crippen LogP) is 2.38. The van der Waals surface area contributed by atoms with E-state index in [1.807, 2.05) is 24.3 Å². The maximum absolute atomic E-state index is 5.19. The number of hydrogen-bond donors (Lipinski definition) is 0.